The fourth-order valence-corrected chi connectivity index (χ4v) is 7.07. The number of carbonyl (C=O) groups is 5. The van der Waals surface area contributed by atoms with Crippen LogP contribution in [0.2, 0.25) is 0 Å². The van der Waals surface area contributed by atoms with Crippen molar-refractivity contribution in [1.82, 2.24) is 0 Å². The summed E-state index contributed by atoms with van der Waals surface area (Å²) < 4.78 is 85.5. The van der Waals surface area contributed by atoms with Crippen LogP contribution in [0.3, 0.4) is 0 Å². The summed E-state index contributed by atoms with van der Waals surface area (Å²) in [5.41, 5.74) is -2.95. The van der Waals surface area contributed by atoms with Crippen LogP contribution in [-0.4, -0.2) is 73.8 Å². The molecule has 1 aliphatic carbocycles. The van der Waals surface area contributed by atoms with E-state index in [1.54, 1.807) is 45.0 Å². The summed E-state index contributed by atoms with van der Waals surface area (Å²) in [5.74, 6) is -7.29. The Balaban J connectivity index is 1.98. The molecule has 1 aliphatic heterocycles. The molecule has 0 bridgehead atoms. The Morgan fingerprint density at radius 1 is 0.845 bits per heavy atom. The molecule has 0 amide bonds. The van der Waals surface area contributed by atoms with Gasteiger partial charge in [-0.25, -0.2) is 9.59 Å². The van der Waals surface area contributed by atoms with Gasteiger partial charge in [0.2, 0.25) is 0 Å². The van der Waals surface area contributed by atoms with E-state index in [-0.39, 0.29) is 29.6 Å². The number of esters is 5. The molecule has 0 unspecified atom stereocenters. The van der Waals surface area contributed by atoms with Crippen molar-refractivity contribution in [2.24, 2.45) is 11.8 Å². The van der Waals surface area contributed by atoms with Crippen LogP contribution in [-0.2, 0) is 57.9 Å². The number of methoxy groups -OCH3 is 1. The molecule has 0 radical (unpaired) electrons. The van der Waals surface area contributed by atoms with Crippen molar-refractivity contribution in [3.63, 3.8) is 0 Å². The van der Waals surface area contributed by atoms with Crippen molar-refractivity contribution in [2.45, 2.75) is 96.9 Å². The molecule has 8 atom stereocenters. The molecule has 0 spiro atoms. The zero-order valence-corrected chi connectivity index (χ0v) is 33.2. The van der Waals surface area contributed by atoms with Gasteiger partial charge >= 0.3 is 36.0 Å². The third-order valence-electron chi connectivity index (χ3n) is 9.54. The van der Waals surface area contributed by atoms with E-state index < -0.39 is 89.7 Å². The lowest BCUT2D eigenvalue weighted by Crippen LogP contribution is -2.54. The van der Waals surface area contributed by atoms with E-state index in [9.17, 15) is 24.0 Å². The molecule has 0 aromatic heterocycles. The van der Waals surface area contributed by atoms with Gasteiger partial charge in [-0.2, -0.15) is 13.2 Å². The van der Waals surface area contributed by atoms with E-state index >= 15 is 13.2 Å². The zero-order valence-electron chi connectivity index (χ0n) is 33.2. The fraction of sp³-hybridized carbons (Fsp3) is 0.419. The third-order valence-corrected chi connectivity index (χ3v) is 9.54. The van der Waals surface area contributed by atoms with Crippen LogP contribution in [0.15, 0.2) is 108 Å². The number of carbonyl (C=O) groups excluding carboxylic acids is 5. The largest absolute Gasteiger partial charge is 0.462 e. The molecule has 4 rings (SSSR count). The molecule has 58 heavy (non-hydrogen) atoms. The molecule has 312 valence electrons. The van der Waals surface area contributed by atoms with E-state index in [2.05, 4.69) is 6.58 Å². The van der Waals surface area contributed by atoms with Gasteiger partial charge in [0.05, 0.1) is 17.7 Å². The summed E-state index contributed by atoms with van der Waals surface area (Å²) in [6.45, 7) is 12.8. The molecule has 0 N–H and O–H groups in total. The van der Waals surface area contributed by atoms with Crippen molar-refractivity contribution >= 4 is 29.8 Å². The average Bonchev–Trinajstić information content (AvgIpc) is 3.18. The van der Waals surface area contributed by atoms with Crippen LogP contribution in [0.25, 0.3) is 0 Å². The summed E-state index contributed by atoms with van der Waals surface area (Å²) in [5, 5.41) is 0. The number of benzene rings is 2. The number of ether oxygens (including phenoxy) is 7. The van der Waals surface area contributed by atoms with E-state index in [1.807, 2.05) is 0 Å². The third kappa shape index (κ3) is 10.4. The number of hydrogen-bond acceptors (Lipinski definition) is 12. The lowest BCUT2D eigenvalue weighted by Gasteiger charge is -2.43. The van der Waals surface area contributed by atoms with Crippen LogP contribution in [0, 0.1) is 11.8 Å². The zero-order chi connectivity index (χ0) is 42.9. The van der Waals surface area contributed by atoms with Crippen LogP contribution in [0.5, 0.6) is 0 Å². The molecule has 0 fully saturated rings. The normalized spacial score (nSPS) is 23.7. The second-order valence-corrected chi connectivity index (χ2v) is 14.1. The van der Waals surface area contributed by atoms with Gasteiger partial charge in [0.1, 0.15) is 0 Å². The van der Waals surface area contributed by atoms with Crippen LogP contribution < -0.4 is 0 Å². The van der Waals surface area contributed by atoms with Crippen LogP contribution in [0.1, 0.15) is 70.3 Å². The number of rotatable bonds is 12. The first-order chi connectivity index (χ1) is 27.3. The minimum Gasteiger partial charge on any atom is -0.462 e. The van der Waals surface area contributed by atoms with Gasteiger partial charge in [-0.15, -0.1) is 0 Å². The summed E-state index contributed by atoms with van der Waals surface area (Å²) >= 11 is 0. The topological polar surface area (TPSA) is 150 Å². The molecule has 0 saturated carbocycles. The van der Waals surface area contributed by atoms with Crippen molar-refractivity contribution in [3.05, 3.63) is 119 Å². The SMILES string of the molecule is C=C1[C@@H]2[C@@H](OC(C)=O)OC=C([C@H](OC(C)=O)[C@@H](C=C(C)C)OC(C)=O)[C@H]2CC/C(C)=C/[C@H](OC(=O)c2ccccc2)[C@H]1OC(=O)[C@](OC)(c1ccccc1)C(F)(F)F. The van der Waals surface area contributed by atoms with Crippen molar-refractivity contribution in [1.29, 1.82) is 0 Å². The maximum absolute atomic E-state index is 15.2. The summed E-state index contributed by atoms with van der Waals surface area (Å²) in [6.07, 6.45) is -8.41. The van der Waals surface area contributed by atoms with Gasteiger partial charge < -0.3 is 33.2 Å². The van der Waals surface area contributed by atoms with Crippen molar-refractivity contribution in [2.75, 3.05) is 7.11 Å². The van der Waals surface area contributed by atoms with Crippen molar-refractivity contribution in [3.8, 4) is 0 Å². The molecule has 0 saturated heterocycles. The molecule has 2 aromatic rings. The summed E-state index contributed by atoms with van der Waals surface area (Å²) in [6, 6.07) is 13.9. The fourth-order valence-electron chi connectivity index (χ4n) is 7.07. The lowest BCUT2D eigenvalue weighted by molar-refractivity contribution is -0.278. The van der Waals surface area contributed by atoms with Gasteiger partial charge in [-0.1, -0.05) is 66.3 Å². The number of fused-ring (bicyclic) bond motifs is 1. The smallest absolute Gasteiger partial charge is 0.432 e. The quantitative estimate of drug-likeness (QED) is 0.120. The molecule has 2 aromatic carbocycles. The Morgan fingerprint density at radius 2 is 1.45 bits per heavy atom. The predicted octanol–water partition coefficient (Wildman–Crippen LogP) is 7.39. The van der Waals surface area contributed by atoms with Crippen LogP contribution >= 0.6 is 0 Å². The van der Waals surface area contributed by atoms with E-state index in [4.69, 9.17) is 33.2 Å². The molecule has 12 nitrogen and oxygen atoms in total. The van der Waals surface area contributed by atoms with E-state index in [1.165, 1.54) is 49.6 Å². The van der Waals surface area contributed by atoms with Crippen LogP contribution in [0.4, 0.5) is 13.2 Å². The second kappa shape index (κ2) is 19.2. The monoisotopic (exact) mass is 812 g/mol. The average molecular weight is 813 g/mol. The standard InChI is InChI=1S/C43H47F3O12/c1-24(2)21-34(54-27(5)47)38(55-28(6)48)33-23-53-40(56-29(7)49)36-26(4)37(58-41(51)42(52-8,43(44,45)46)31-17-13-10-14-18-31)35(22-25(3)19-20-32(33)36)57-39(50)30-15-11-9-12-16-30/h9-18,21-23,32,34-38,40H,4,19-20H2,1-3,5-8H3/b25-22+/t32-,34-,35+,36+,37+,38+,40-,42-/m1/s1. The molecular formula is C43H47F3O12. The first kappa shape index (κ1) is 45.0. The Hall–Kier alpha value is -5.70. The maximum Gasteiger partial charge on any atom is 0.432 e. The van der Waals surface area contributed by atoms with Crippen molar-refractivity contribution < 1.29 is 70.3 Å². The highest BCUT2D eigenvalue weighted by Gasteiger charge is 2.65. The van der Waals surface area contributed by atoms with Gasteiger partial charge in [0.15, 0.2) is 24.4 Å². The van der Waals surface area contributed by atoms with E-state index in [0.717, 1.165) is 26.0 Å². The lowest BCUT2D eigenvalue weighted by atomic mass is 9.73. The maximum atomic E-state index is 15.2. The number of alkyl halides is 3. The first-order valence-corrected chi connectivity index (χ1v) is 18.3. The molecular weight excluding hydrogens is 765 g/mol. The summed E-state index contributed by atoms with van der Waals surface area (Å²) in [7, 11) is 0.705. The molecule has 2 aliphatic rings. The Morgan fingerprint density at radius 3 is 1.98 bits per heavy atom. The van der Waals surface area contributed by atoms with Gasteiger partial charge in [0.25, 0.3) is 11.9 Å². The van der Waals surface area contributed by atoms with Gasteiger partial charge in [-0.3, -0.25) is 14.4 Å². The second-order valence-electron chi connectivity index (χ2n) is 14.1. The Labute approximate surface area is 334 Å². The Bertz CT molecular complexity index is 1930. The summed E-state index contributed by atoms with van der Waals surface area (Å²) in [4.78, 5) is 65.5. The first-order valence-electron chi connectivity index (χ1n) is 18.3. The number of hydrogen-bond donors (Lipinski definition) is 0. The molecule has 15 heteroatoms. The molecule has 1 heterocycles. The highest BCUT2D eigenvalue weighted by atomic mass is 19.4. The van der Waals surface area contributed by atoms with Gasteiger partial charge in [0, 0.05) is 44.9 Å². The Kier molecular flexibility index (Phi) is 14.9. The number of halogens is 3. The van der Waals surface area contributed by atoms with Gasteiger partial charge in [-0.05, 0) is 63.5 Å². The van der Waals surface area contributed by atoms with E-state index in [0.29, 0.717) is 18.3 Å². The minimum atomic E-state index is -5.39. The predicted molar refractivity (Wildman–Crippen MR) is 201 cm³/mol. The highest BCUT2D eigenvalue weighted by Crippen LogP contribution is 2.47. The minimum absolute atomic E-state index is 0.0804. The number of allylic oxidation sites excluding steroid dienone is 2. The highest BCUT2D eigenvalue weighted by molar-refractivity contribution is 5.89.